The number of nitrogens with zero attached hydrogens (tertiary/aromatic N) is 1. The summed E-state index contributed by atoms with van der Waals surface area (Å²) in [7, 11) is -3.40. The minimum absolute atomic E-state index is 0.0910. The van der Waals surface area contributed by atoms with Crippen molar-refractivity contribution in [2.75, 3.05) is 24.1 Å². The normalized spacial score (nSPS) is 16.4. The second-order valence-corrected chi connectivity index (χ2v) is 7.38. The van der Waals surface area contributed by atoms with Crippen LogP contribution < -0.4 is 4.72 Å². The molecule has 0 atom stereocenters. The fourth-order valence-electron chi connectivity index (χ4n) is 2.57. The Kier molecular flexibility index (Phi) is 4.88. The molecule has 1 heterocycles. The van der Waals surface area contributed by atoms with E-state index in [2.05, 4.69) is 4.72 Å². The molecule has 0 bridgehead atoms. The largest absolute Gasteiger partial charge is 0.339 e. The zero-order valence-electron chi connectivity index (χ0n) is 12.6. The Labute approximate surface area is 126 Å². The number of hydrogen-bond donors (Lipinski definition) is 1. The van der Waals surface area contributed by atoms with Crippen LogP contribution in [0.2, 0.25) is 0 Å². The van der Waals surface area contributed by atoms with Crippen molar-refractivity contribution in [2.45, 2.75) is 32.6 Å². The molecule has 1 aromatic rings. The van der Waals surface area contributed by atoms with Gasteiger partial charge < -0.3 is 4.90 Å². The molecule has 0 aliphatic carbocycles. The second-order valence-electron chi connectivity index (χ2n) is 5.63. The number of aryl methyl sites for hydroxylation is 1. The zero-order valence-corrected chi connectivity index (χ0v) is 13.4. The number of carbonyl (C=O) groups excluding carboxylic acids is 1. The van der Waals surface area contributed by atoms with Gasteiger partial charge in [0, 0.05) is 13.1 Å². The number of nitrogens with one attached hydrogen (secondary N) is 1. The molecule has 2 rings (SSSR count). The number of hydrogen-bond acceptors (Lipinski definition) is 3. The predicted molar refractivity (Wildman–Crippen MR) is 84.0 cm³/mol. The lowest BCUT2D eigenvalue weighted by atomic mass is 10.1. The Morgan fingerprint density at radius 2 is 1.76 bits per heavy atom. The van der Waals surface area contributed by atoms with E-state index >= 15 is 0 Å². The van der Waals surface area contributed by atoms with E-state index in [-0.39, 0.29) is 5.91 Å². The summed E-state index contributed by atoms with van der Waals surface area (Å²) in [5, 5.41) is 0. The van der Waals surface area contributed by atoms with E-state index in [1.54, 1.807) is 18.2 Å². The van der Waals surface area contributed by atoms with Gasteiger partial charge in [0.05, 0.1) is 17.5 Å². The SMILES string of the molecule is Cc1ccc(NS(C)(=O)=O)c(C(=O)N2CCCCCC2)c1. The molecule has 1 saturated heterocycles. The quantitative estimate of drug-likeness (QED) is 0.932. The van der Waals surface area contributed by atoms with Gasteiger partial charge in [-0.1, -0.05) is 24.5 Å². The van der Waals surface area contributed by atoms with Gasteiger partial charge in [-0.2, -0.15) is 0 Å². The fourth-order valence-corrected chi connectivity index (χ4v) is 3.15. The summed E-state index contributed by atoms with van der Waals surface area (Å²) in [5.74, 6) is -0.0910. The van der Waals surface area contributed by atoms with Crippen LogP contribution in [0.4, 0.5) is 5.69 Å². The van der Waals surface area contributed by atoms with Gasteiger partial charge in [0.2, 0.25) is 10.0 Å². The Morgan fingerprint density at radius 1 is 1.14 bits per heavy atom. The highest BCUT2D eigenvalue weighted by atomic mass is 32.2. The first-order chi connectivity index (χ1) is 9.87. The molecule has 0 radical (unpaired) electrons. The third kappa shape index (κ3) is 4.46. The van der Waals surface area contributed by atoms with Crippen molar-refractivity contribution < 1.29 is 13.2 Å². The van der Waals surface area contributed by atoms with Gasteiger partial charge in [-0.05, 0) is 31.9 Å². The summed E-state index contributed by atoms with van der Waals surface area (Å²) < 4.78 is 25.3. The van der Waals surface area contributed by atoms with Gasteiger partial charge in [-0.3, -0.25) is 9.52 Å². The maximum Gasteiger partial charge on any atom is 0.255 e. The van der Waals surface area contributed by atoms with Crippen molar-refractivity contribution in [1.29, 1.82) is 0 Å². The van der Waals surface area contributed by atoms with Gasteiger partial charge in [0.1, 0.15) is 0 Å². The first-order valence-electron chi connectivity index (χ1n) is 7.24. The summed E-state index contributed by atoms with van der Waals surface area (Å²) in [6.45, 7) is 3.37. The number of likely N-dealkylation sites (tertiary alicyclic amines) is 1. The molecule has 1 fully saturated rings. The van der Waals surface area contributed by atoms with E-state index in [9.17, 15) is 13.2 Å². The van der Waals surface area contributed by atoms with E-state index in [4.69, 9.17) is 0 Å². The van der Waals surface area contributed by atoms with Crippen LogP contribution in [0.1, 0.15) is 41.6 Å². The second kappa shape index (κ2) is 6.47. The Hall–Kier alpha value is -1.56. The number of sulfonamides is 1. The lowest BCUT2D eigenvalue weighted by Gasteiger charge is -2.22. The molecule has 21 heavy (non-hydrogen) atoms. The standard InChI is InChI=1S/C15H22N2O3S/c1-12-7-8-14(16-21(2,19)20)13(11-12)15(18)17-9-5-3-4-6-10-17/h7-8,11,16H,3-6,9-10H2,1-2H3. The summed E-state index contributed by atoms with van der Waals surface area (Å²) in [5.41, 5.74) is 1.73. The fraction of sp³-hybridized carbons (Fsp3) is 0.533. The van der Waals surface area contributed by atoms with Crippen LogP contribution in [0.3, 0.4) is 0 Å². The molecule has 116 valence electrons. The predicted octanol–water partition coefficient (Wildman–Crippen LogP) is 2.38. The lowest BCUT2D eigenvalue weighted by Crippen LogP contribution is -2.32. The van der Waals surface area contributed by atoms with Gasteiger partial charge in [-0.15, -0.1) is 0 Å². The van der Waals surface area contributed by atoms with Crippen LogP contribution in [0.15, 0.2) is 18.2 Å². The topological polar surface area (TPSA) is 66.5 Å². The summed E-state index contributed by atoms with van der Waals surface area (Å²) in [6.07, 6.45) is 5.39. The third-order valence-electron chi connectivity index (χ3n) is 3.59. The molecule has 6 heteroatoms. The summed E-state index contributed by atoms with van der Waals surface area (Å²) in [4.78, 5) is 14.5. The molecule has 0 saturated carbocycles. The maximum atomic E-state index is 12.7. The van der Waals surface area contributed by atoms with Crippen molar-refractivity contribution in [3.63, 3.8) is 0 Å². The lowest BCUT2D eigenvalue weighted by molar-refractivity contribution is 0.0762. The molecule has 1 aliphatic heterocycles. The van der Waals surface area contributed by atoms with Crippen LogP contribution in [0.25, 0.3) is 0 Å². The minimum Gasteiger partial charge on any atom is -0.339 e. The highest BCUT2D eigenvalue weighted by molar-refractivity contribution is 7.92. The van der Waals surface area contributed by atoms with Crippen molar-refractivity contribution in [3.8, 4) is 0 Å². The summed E-state index contributed by atoms with van der Waals surface area (Å²) in [6, 6.07) is 5.20. The van der Waals surface area contributed by atoms with Gasteiger partial charge in [0.25, 0.3) is 5.91 Å². The van der Waals surface area contributed by atoms with Crippen LogP contribution in [-0.4, -0.2) is 38.6 Å². The van der Waals surface area contributed by atoms with Gasteiger partial charge >= 0.3 is 0 Å². The first-order valence-corrected chi connectivity index (χ1v) is 9.14. The first kappa shape index (κ1) is 15.8. The molecule has 0 aromatic heterocycles. The average molecular weight is 310 g/mol. The number of rotatable bonds is 3. The Balaban J connectivity index is 2.32. The molecule has 5 nitrogen and oxygen atoms in total. The Bertz CT molecular complexity index is 618. The van der Waals surface area contributed by atoms with Gasteiger partial charge in [0.15, 0.2) is 0 Å². The third-order valence-corrected chi connectivity index (χ3v) is 4.18. The molecule has 1 amide bonds. The van der Waals surface area contributed by atoms with Crippen LogP contribution >= 0.6 is 0 Å². The molecule has 1 N–H and O–H groups in total. The smallest absolute Gasteiger partial charge is 0.255 e. The minimum atomic E-state index is -3.40. The number of anilines is 1. The summed E-state index contributed by atoms with van der Waals surface area (Å²) >= 11 is 0. The van der Waals surface area contributed by atoms with E-state index < -0.39 is 10.0 Å². The van der Waals surface area contributed by atoms with Crippen LogP contribution in [0.5, 0.6) is 0 Å². The molecule has 0 unspecified atom stereocenters. The molecule has 1 aromatic carbocycles. The highest BCUT2D eigenvalue weighted by Gasteiger charge is 2.21. The van der Waals surface area contributed by atoms with E-state index in [1.807, 2.05) is 11.8 Å². The maximum absolute atomic E-state index is 12.7. The highest BCUT2D eigenvalue weighted by Crippen LogP contribution is 2.22. The van der Waals surface area contributed by atoms with E-state index in [1.165, 1.54) is 0 Å². The molecule has 0 spiro atoms. The van der Waals surface area contributed by atoms with Crippen molar-refractivity contribution >= 4 is 21.6 Å². The molecule has 1 aliphatic rings. The average Bonchev–Trinajstić information content (AvgIpc) is 2.67. The van der Waals surface area contributed by atoms with Crippen LogP contribution in [-0.2, 0) is 10.0 Å². The van der Waals surface area contributed by atoms with Gasteiger partial charge in [-0.25, -0.2) is 8.42 Å². The molecular formula is C15H22N2O3S. The monoisotopic (exact) mass is 310 g/mol. The molecular weight excluding hydrogens is 288 g/mol. The van der Waals surface area contributed by atoms with Crippen molar-refractivity contribution in [1.82, 2.24) is 4.90 Å². The van der Waals surface area contributed by atoms with Crippen molar-refractivity contribution in [3.05, 3.63) is 29.3 Å². The number of benzene rings is 1. The van der Waals surface area contributed by atoms with Crippen LogP contribution in [0, 0.1) is 6.92 Å². The van der Waals surface area contributed by atoms with E-state index in [0.717, 1.165) is 50.6 Å². The number of carbonyl (C=O) groups is 1. The Morgan fingerprint density at radius 3 is 2.33 bits per heavy atom. The van der Waals surface area contributed by atoms with E-state index in [0.29, 0.717) is 11.3 Å². The van der Waals surface area contributed by atoms with Crippen molar-refractivity contribution in [2.24, 2.45) is 0 Å². The zero-order chi connectivity index (χ0) is 15.5. The number of amides is 1.